The van der Waals surface area contributed by atoms with Gasteiger partial charge in [0.05, 0.1) is 10.7 Å². The van der Waals surface area contributed by atoms with Gasteiger partial charge in [-0.25, -0.2) is 4.98 Å². The number of hydrogen-bond acceptors (Lipinski definition) is 4. The van der Waals surface area contributed by atoms with Crippen molar-refractivity contribution in [2.75, 3.05) is 20.1 Å². The third-order valence-electron chi connectivity index (χ3n) is 4.34. The van der Waals surface area contributed by atoms with Gasteiger partial charge in [0.1, 0.15) is 0 Å². The van der Waals surface area contributed by atoms with Crippen molar-refractivity contribution in [3.63, 3.8) is 0 Å². The number of hydrogen-bond donors (Lipinski definition) is 1. The van der Waals surface area contributed by atoms with Crippen molar-refractivity contribution in [3.05, 3.63) is 15.6 Å². The normalized spacial score (nSPS) is 20.9. The molecule has 1 aliphatic heterocycles. The number of piperidine rings is 1. The van der Waals surface area contributed by atoms with E-state index in [1.54, 1.807) is 0 Å². The number of likely N-dealkylation sites (tertiary alicyclic amines) is 1. The Hall–Kier alpha value is -0.450. The van der Waals surface area contributed by atoms with Gasteiger partial charge in [0.15, 0.2) is 0 Å². The van der Waals surface area contributed by atoms with Crippen LogP contribution >= 0.6 is 11.3 Å². The Labute approximate surface area is 134 Å². The lowest BCUT2D eigenvalue weighted by Gasteiger charge is -2.33. The molecule has 0 spiro atoms. The van der Waals surface area contributed by atoms with Crippen molar-refractivity contribution >= 4 is 11.3 Å². The van der Waals surface area contributed by atoms with Gasteiger partial charge in [0, 0.05) is 35.8 Å². The van der Waals surface area contributed by atoms with Crippen LogP contribution in [0.3, 0.4) is 0 Å². The minimum atomic E-state index is 0.138. The van der Waals surface area contributed by atoms with Crippen LogP contribution in [0, 0.1) is 0 Å². The third kappa shape index (κ3) is 4.51. The average molecular weight is 310 g/mol. The van der Waals surface area contributed by atoms with Crippen molar-refractivity contribution in [1.29, 1.82) is 0 Å². The first-order chi connectivity index (χ1) is 9.91. The number of thiazole rings is 1. The molecular weight excluding hydrogens is 278 g/mol. The topological polar surface area (TPSA) is 28.2 Å². The maximum Gasteiger partial charge on any atom is 0.0944 e. The maximum absolute atomic E-state index is 4.96. The minimum absolute atomic E-state index is 0.138. The highest BCUT2D eigenvalue weighted by molar-refractivity contribution is 7.11. The van der Waals surface area contributed by atoms with Crippen LogP contribution in [0.2, 0.25) is 0 Å². The van der Waals surface area contributed by atoms with Crippen LogP contribution in [-0.4, -0.2) is 36.1 Å². The van der Waals surface area contributed by atoms with E-state index in [4.69, 9.17) is 4.98 Å². The minimum Gasteiger partial charge on any atom is -0.315 e. The average Bonchev–Trinajstić information content (AvgIpc) is 2.81. The Bertz CT molecular complexity index is 447. The first-order valence-electron chi connectivity index (χ1n) is 8.29. The van der Waals surface area contributed by atoms with E-state index in [0.29, 0.717) is 0 Å². The van der Waals surface area contributed by atoms with Crippen LogP contribution in [0.5, 0.6) is 0 Å². The quantitative estimate of drug-likeness (QED) is 0.901. The lowest BCUT2D eigenvalue weighted by atomic mass is 9.91. The molecule has 0 aliphatic carbocycles. The summed E-state index contributed by atoms with van der Waals surface area (Å²) < 4.78 is 0. The lowest BCUT2D eigenvalue weighted by Crippen LogP contribution is -2.38. The summed E-state index contributed by atoms with van der Waals surface area (Å²) in [6.45, 7) is 12.5. The monoisotopic (exact) mass is 309 g/mol. The fraction of sp³-hybridized carbons (Fsp3) is 0.824. The molecular formula is C17H31N3S. The van der Waals surface area contributed by atoms with Gasteiger partial charge in [-0.3, -0.25) is 0 Å². The Balaban J connectivity index is 2.03. The number of aromatic nitrogens is 1. The fourth-order valence-electron chi connectivity index (χ4n) is 3.10. The lowest BCUT2D eigenvalue weighted by molar-refractivity contribution is 0.163. The van der Waals surface area contributed by atoms with Crippen LogP contribution in [-0.2, 0) is 18.4 Å². The second-order valence-corrected chi connectivity index (χ2v) is 8.46. The molecule has 1 aromatic heterocycles. The van der Waals surface area contributed by atoms with Crippen molar-refractivity contribution < 1.29 is 0 Å². The van der Waals surface area contributed by atoms with E-state index in [1.807, 2.05) is 18.4 Å². The summed E-state index contributed by atoms with van der Waals surface area (Å²) in [5.41, 5.74) is 1.42. The Morgan fingerprint density at radius 1 is 1.33 bits per heavy atom. The SMILES string of the molecule is CNCc1sc(CCN2CCCCC2C)nc1C(C)(C)C. The molecule has 0 aromatic carbocycles. The van der Waals surface area contributed by atoms with Gasteiger partial charge in [-0.1, -0.05) is 27.2 Å². The van der Waals surface area contributed by atoms with Crippen LogP contribution in [0.1, 0.15) is 62.5 Å². The second-order valence-electron chi connectivity index (χ2n) is 7.29. The predicted octanol–water partition coefficient (Wildman–Crippen LogP) is 3.58. The predicted molar refractivity (Wildman–Crippen MR) is 92.2 cm³/mol. The fourth-order valence-corrected chi connectivity index (χ4v) is 4.38. The van der Waals surface area contributed by atoms with Gasteiger partial charge in [-0.05, 0) is 33.4 Å². The van der Waals surface area contributed by atoms with E-state index in [2.05, 4.69) is 37.9 Å². The van der Waals surface area contributed by atoms with E-state index in [9.17, 15) is 0 Å². The molecule has 1 atom stereocenters. The summed E-state index contributed by atoms with van der Waals surface area (Å²) in [7, 11) is 2.02. The highest BCUT2D eigenvalue weighted by Gasteiger charge is 2.23. The van der Waals surface area contributed by atoms with Gasteiger partial charge in [0.2, 0.25) is 0 Å². The summed E-state index contributed by atoms with van der Waals surface area (Å²) in [5.74, 6) is 0. The zero-order chi connectivity index (χ0) is 15.5. The first-order valence-corrected chi connectivity index (χ1v) is 9.11. The molecule has 2 heterocycles. The molecule has 1 aliphatic rings. The standard InChI is InChI=1S/C17H31N3S/c1-13-8-6-7-10-20(13)11-9-15-19-16(17(2,3)4)14(21-15)12-18-5/h13,18H,6-12H2,1-5H3. The zero-order valence-corrected chi connectivity index (χ0v) is 15.1. The van der Waals surface area contributed by atoms with E-state index < -0.39 is 0 Å². The largest absolute Gasteiger partial charge is 0.315 e. The highest BCUT2D eigenvalue weighted by atomic mass is 32.1. The highest BCUT2D eigenvalue weighted by Crippen LogP contribution is 2.30. The Kier molecular flexibility index (Phi) is 5.81. The zero-order valence-electron chi connectivity index (χ0n) is 14.3. The first kappa shape index (κ1) is 16.9. The number of nitrogens with one attached hydrogen (secondary N) is 1. The molecule has 0 bridgehead atoms. The van der Waals surface area contributed by atoms with Gasteiger partial charge < -0.3 is 10.2 Å². The van der Waals surface area contributed by atoms with E-state index in [0.717, 1.165) is 25.6 Å². The van der Waals surface area contributed by atoms with Crippen LogP contribution in [0.4, 0.5) is 0 Å². The molecule has 1 aromatic rings. The van der Waals surface area contributed by atoms with Gasteiger partial charge in [-0.2, -0.15) is 0 Å². The van der Waals surface area contributed by atoms with E-state index in [1.165, 1.54) is 41.4 Å². The van der Waals surface area contributed by atoms with Crippen LogP contribution < -0.4 is 5.32 Å². The molecule has 3 nitrogen and oxygen atoms in total. The Morgan fingerprint density at radius 3 is 2.71 bits per heavy atom. The molecule has 0 radical (unpaired) electrons. The molecule has 1 unspecified atom stereocenters. The molecule has 0 saturated carbocycles. The Morgan fingerprint density at radius 2 is 2.10 bits per heavy atom. The van der Waals surface area contributed by atoms with Crippen molar-refractivity contribution in [3.8, 4) is 0 Å². The molecule has 120 valence electrons. The summed E-state index contributed by atoms with van der Waals surface area (Å²) >= 11 is 1.90. The maximum atomic E-state index is 4.96. The van der Waals surface area contributed by atoms with Crippen molar-refractivity contribution in [2.45, 2.75) is 71.4 Å². The molecule has 4 heteroatoms. The molecule has 1 saturated heterocycles. The third-order valence-corrected chi connectivity index (χ3v) is 5.46. The van der Waals surface area contributed by atoms with Crippen molar-refractivity contribution in [2.24, 2.45) is 0 Å². The molecule has 21 heavy (non-hydrogen) atoms. The van der Waals surface area contributed by atoms with Gasteiger partial charge in [-0.15, -0.1) is 11.3 Å². The van der Waals surface area contributed by atoms with Crippen LogP contribution in [0.15, 0.2) is 0 Å². The molecule has 1 fully saturated rings. The molecule has 2 rings (SSSR count). The van der Waals surface area contributed by atoms with Gasteiger partial charge >= 0.3 is 0 Å². The summed E-state index contributed by atoms with van der Waals surface area (Å²) in [6.07, 6.45) is 5.22. The molecule has 1 N–H and O–H groups in total. The van der Waals surface area contributed by atoms with Crippen molar-refractivity contribution in [1.82, 2.24) is 15.2 Å². The number of nitrogens with zero attached hydrogens (tertiary/aromatic N) is 2. The summed E-state index contributed by atoms with van der Waals surface area (Å²) in [6, 6.07) is 0.748. The van der Waals surface area contributed by atoms with E-state index >= 15 is 0 Å². The molecule has 0 amide bonds. The summed E-state index contributed by atoms with van der Waals surface area (Å²) in [4.78, 5) is 9.01. The van der Waals surface area contributed by atoms with Crippen LogP contribution in [0.25, 0.3) is 0 Å². The second kappa shape index (κ2) is 7.21. The van der Waals surface area contributed by atoms with Gasteiger partial charge in [0.25, 0.3) is 0 Å². The number of rotatable bonds is 5. The van der Waals surface area contributed by atoms with E-state index in [-0.39, 0.29) is 5.41 Å². The summed E-state index contributed by atoms with van der Waals surface area (Å²) in [5, 5.41) is 4.59. The smallest absolute Gasteiger partial charge is 0.0944 e.